The molecule has 2 heterocycles. The third-order valence-corrected chi connectivity index (χ3v) is 6.45. The highest BCUT2D eigenvalue weighted by molar-refractivity contribution is 5.73. The molecule has 1 fully saturated rings. The molecule has 5 N–H and O–H groups in total. The van der Waals surface area contributed by atoms with E-state index in [9.17, 15) is 13.2 Å². The number of nitrogens with one attached hydrogen (secondary N) is 1. The maximum atomic E-state index is 13.8. The quantitative estimate of drug-likeness (QED) is 0.642. The molecule has 0 spiro atoms. The van der Waals surface area contributed by atoms with Crippen LogP contribution in [0.15, 0.2) is 40.7 Å². The molecule has 33 heavy (non-hydrogen) atoms. The number of nitrogens with zero attached hydrogens (tertiary/aromatic N) is 3. The van der Waals surface area contributed by atoms with Gasteiger partial charge in [0, 0.05) is 35.6 Å². The van der Waals surface area contributed by atoms with Gasteiger partial charge in [0.25, 0.3) is 0 Å². The predicted molar refractivity (Wildman–Crippen MR) is 123 cm³/mol. The van der Waals surface area contributed by atoms with E-state index in [1.54, 1.807) is 6.07 Å². The van der Waals surface area contributed by atoms with Gasteiger partial charge >= 0.3 is 6.18 Å². The third-order valence-electron chi connectivity index (χ3n) is 6.45. The number of benzene rings is 1. The molecule has 4 rings (SSSR count). The number of nitrogens with two attached hydrogens (primary N) is 2. The Hall–Kier alpha value is -2.78. The number of aromatic nitrogens is 2. The summed E-state index contributed by atoms with van der Waals surface area (Å²) in [6.07, 6.45) is -1.06. The monoisotopic (exact) mass is 459 g/mol. The van der Waals surface area contributed by atoms with Gasteiger partial charge < -0.3 is 11.1 Å². The summed E-state index contributed by atoms with van der Waals surface area (Å²) in [6.45, 7) is 6.59. The molecule has 6 nitrogen and oxygen atoms in total. The van der Waals surface area contributed by atoms with Crippen molar-refractivity contribution in [2.45, 2.75) is 64.6 Å². The zero-order chi connectivity index (χ0) is 23.8. The van der Waals surface area contributed by atoms with Gasteiger partial charge in [-0.2, -0.15) is 18.2 Å². The minimum absolute atomic E-state index is 0.0239. The van der Waals surface area contributed by atoms with E-state index in [1.807, 2.05) is 26.1 Å². The minimum atomic E-state index is -4.50. The SMILES string of the molecule is CC1=NC(Nc2nc(-c3ccccc3C(F)(F)F)nc(C3CCC(N)CC3)c2C)=C(C)C[NH2+]1. The van der Waals surface area contributed by atoms with Crippen LogP contribution in [0.5, 0.6) is 0 Å². The van der Waals surface area contributed by atoms with Gasteiger partial charge in [-0.3, -0.25) is 5.32 Å². The van der Waals surface area contributed by atoms with Gasteiger partial charge in [0.1, 0.15) is 18.2 Å². The predicted octanol–water partition coefficient (Wildman–Crippen LogP) is 4.09. The fourth-order valence-electron chi connectivity index (χ4n) is 4.45. The van der Waals surface area contributed by atoms with Gasteiger partial charge in [-0.25, -0.2) is 9.97 Å². The molecular formula is C24H30F3N6+. The van der Waals surface area contributed by atoms with Crippen molar-refractivity contribution in [2.24, 2.45) is 10.7 Å². The molecule has 0 radical (unpaired) electrons. The van der Waals surface area contributed by atoms with Gasteiger partial charge in [0.05, 0.1) is 11.3 Å². The van der Waals surface area contributed by atoms with Gasteiger partial charge in [-0.05, 0) is 45.6 Å². The number of quaternary nitrogens is 1. The highest BCUT2D eigenvalue weighted by Crippen LogP contribution is 2.39. The molecular weight excluding hydrogens is 429 g/mol. The normalized spacial score (nSPS) is 21.7. The Balaban J connectivity index is 1.84. The molecule has 0 bridgehead atoms. The number of hydrogen-bond donors (Lipinski definition) is 3. The molecule has 1 aromatic heterocycles. The van der Waals surface area contributed by atoms with Crippen LogP contribution in [0.1, 0.15) is 62.3 Å². The van der Waals surface area contributed by atoms with Crippen molar-refractivity contribution >= 4 is 11.7 Å². The third kappa shape index (κ3) is 5.09. The molecule has 2 aromatic rings. The molecule has 1 aliphatic heterocycles. The lowest BCUT2D eigenvalue weighted by atomic mass is 9.83. The molecule has 0 saturated heterocycles. The van der Waals surface area contributed by atoms with Crippen LogP contribution in [-0.2, 0) is 6.18 Å². The first kappa shape index (κ1) is 23.4. The fourth-order valence-corrected chi connectivity index (χ4v) is 4.45. The average Bonchev–Trinajstić information content (AvgIpc) is 2.78. The summed E-state index contributed by atoms with van der Waals surface area (Å²) < 4.78 is 41.3. The molecule has 2 aliphatic rings. The Morgan fingerprint density at radius 3 is 2.42 bits per heavy atom. The first-order valence-electron chi connectivity index (χ1n) is 11.3. The number of rotatable bonds is 4. The average molecular weight is 460 g/mol. The molecule has 0 unspecified atom stereocenters. The first-order valence-corrected chi connectivity index (χ1v) is 11.3. The lowest BCUT2D eigenvalue weighted by molar-refractivity contribution is -0.533. The van der Waals surface area contributed by atoms with E-state index in [0.29, 0.717) is 11.6 Å². The van der Waals surface area contributed by atoms with Crippen LogP contribution in [0.4, 0.5) is 19.0 Å². The Bertz CT molecular complexity index is 1100. The van der Waals surface area contributed by atoms with Crippen molar-refractivity contribution in [1.82, 2.24) is 9.97 Å². The summed E-state index contributed by atoms with van der Waals surface area (Å²) in [6, 6.07) is 5.63. The van der Waals surface area contributed by atoms with E-state index < -0.39 is 11.7 Å². The number of aliphatic imine (C=N–C) groups is 1. The van der Waals surface area contributed by atoms with Gasteiger partial charge in [-0.15, -0.1) is 0 Å². The van der Waals surface area contributed by atoms with Gasteiger partial charge in [0.15, 0.2) is 11.7 Å². The van der Waals surface area contributed by atoms with Crippen LogP contribution in [0.2, 0.25) is 0 Å². The van der Waals surface area contributed by atoms with E-state index in [0.717, 1.165) is 61.0 Å². The maximum Gasteiger partial charge on any atom is 0.417 e. The molecule has 1 aromatic carbocycles. The smallest absolute Gasteiger partial charge is 0.328 e. The standard InChI is InChI=1S/C24H29F3N6/c1-13-12-29-15(3)30-21(13)32-22-14(2)20(16-8-10-17(28)11-9-16)31-23(33-22)18-6-4-5-7-19(18)24(25,26)27/h4-7,16-17H,8-12,28H2,1-3H3,(H,29,30)(H,31,32,33)/p+1. The lowest BCUT2D eigenvalue weighted by Gasteiger charge is -2.28. The van der Waals surface area contributed by atoms with Crippen molar-refractivity contribution < 1.29 is 18.5 Å². The summed E-state index contributed by atoms with van der Waals surface area (Å²) in [4.78, 5) is 13.9. The van der Waals surface area contributed by atoms with Crippen molar-refractivity contribution in [1.29, 1.82) is 0 Å². The van der Waals surface area contributed by atoms with Crippen LogP contribution < -0.4 is 16.4 Å². The summed E-state index contributed by atoms with van der Waals surface area (Å²) in [5.41, 5.74) is 7.99. The van der Waals surface area contributed by atoms with Crippen molar-refractivity contribution in [3.8, 4) is 11.4 Å². The lowest BCUT2D eigenvalue weighted by Crippen LogP contribution is -2.88. The number of anilines is 1. The minimum Gasteiger partial charge on any atom is -0.328 e. The zero-order valence-electron chi connectivity index (χ0n) is 19.1. The Morgan fingerprint density at radius 1 is 1.03 bits per heavy atom. The van der Waals surface area contributed by atoms with E-state index in [4.69, 9.17) is 10.7 Å². The second kappa shape index (κ2) is 9.23. The maximum absolute atomic E-state index is 13.8. The second-order valence-corrected chi connectivity index (χ2v) is 8.98. The Labute approximate surface area is 191 Å². The van der Waals surface area contributed by atoms with Crippen LogP contribution >= 0.6 is 0 Å². The van der Waals surface area contributed by atoms with E-state index in [-0.39, 0.29) is 23.3 Å². The number of alkyl halides is 3. The molecule has 0 atom stereocenters. The van der Waals surface area contributed by atoms with Crippen LogP contribution in [0.25, 0.3) is 11.4 Å². The van der Waals surface area contributed by atoms with Crippen molar-refractivity contribution in [2.75, 3.05) is 11.9 Å². The fraction of sp³-hybridized carbons (Fsp3) is 0.458. The van der Waals surface area contributed by atoms with E-state index in [2.05, 4.69) is 15.3 Å². The van der Waals surface area contributed by atoms with Crippen LogP contribution in [-0.4, -0.2) is 28.4 Å². The topological polar surface area (TPSA) is 92.8 Å². The molecule has 1 aliphatic carbocycles. The summed E-state index contributed by atoms with van der Waals surface area (Å²) in [7, 11) is 0. The number of amidine groups is 1. The van der Waals surface area contributed by atoms with Crippen LogP contribution in [0.3, 0.4) is 0 Å². The second-order valence-electron chi connectivity index (χ2n) is 8.98. The molecule has 9 heteroatoms. The first-order chi connectivity index (χ1) is 15.6. The zero-order valence-corrected chi connectivity index (χ0v) is 19.1. The van der Waals surface area contributed by atoms with Crippen LogP contribution in [0, 0.1) is 6.92 Å². The number of halogens is 3. The molecule has 176 valence electrons. The summed E-state index contributed by atoms with van der Waals surface area (Å²) in [5.74, 6) is 2.27. The van der Waals surface area contributed by atoms with Crippen molar-refractivity contribution in [3.05, 3.63) is 52.5 Å². The largest absolute Gasteiger partial charge is 0.417 e. The van der Waals surface area contributed by atoms with Crippen molar-refractivity contribution in [3.63, 3.8) is 0 Å². The number of hydrogen-bond acceptors (Lipinski definition) is 5. The highest BCUT2D eigenvalue weighted by Gasteiger charge is 2.35. The van der Waals surface area contributed by atoms with E-state index in [1.165, 1.54) is 12.1 Å². The highest BCUT2D eigenvalue weighted by atomic mass is 19.4. The Kier molecular flexibility index (Phi) is 6.54. The van der Waals surface area contributed by atoms with E-state index >= 15 is 0 Å². The molecule has 1 saturated carbocycles. The molecule has 0 amide bonds. The van der Waals surface area contributed by atoms with Gasteiger partial charge in [-0.1, -0.05) is 18.2 Å². The summed E-state index contributed by atoms with van der Waals surface area (Å²) >= 11 is 0. The van der Waals surface area contributed by atoms with Gasteiger partial charge in [0.2, 0.25) is 0 Å². The Morgan fingerprint density at radius 2 is 1.73 bits per heavy atom. The summed E-state index contributed by atoms with van der Waals surface area (Å²) in [5, 5.41) is 5.34.